The molecule has 1 aromatic carbocycles. The molecule has 0 spiro atoms. The van der Waals surface area contributed by atoms with E-state index < -0.39 is 6.10 Å². The highest BCUT2D eigenvalue weighted by molar-refractivity contribution is 8.00. The molecule has 132 valence electrons. The van der Waals surface area contributed by atoms with Crippen molar-refractivity contribution in [2.24, 2.45) is 5.92 Å². The van der Waals surface area contributed by atoms with Crippen LogP contribution in [0.4, 0.5) is 5.69 Å². The van der Waals surface area contributed by atoms with Crippen LogP contribution in [0.2, 0.25) is 0 Å². The minimum Gasteiger partial charge on any atom is -0.391 e. The highest BCUT2D eigenvalue weighted by Crippen LogP contribution is 2.34. The van der Waals surface area contributed by atoms with Gasteiger partial charge in [0.05, 0.1) is 17.5 Å². The minimum atomic E-state index is -0.400. The molecule has 2 aliphatic heterocycles. The molecule has 1 saturated heterocycles. The number of halogens is 1. The summed E-state index contributed by atoms with van der Waals surface area (Å²) in [5, 5.41) is 15.7. The fourth-order valence-electron chi connectivity index (χ4n) is 2.87. The molecule has 2 atom stereocenters. The number of fused-ring (bicyclic) bond motifs is 1. The zero-order valence-electron chi connectivity index (χ0n) is 13.2. The van der Waals surface area contributed by atoms with Gasteiger partial charge in [0, 0.05) is 43.4 Å². The van der Waals surface area contributed by atoms with Crippen molar-refractivity contribution in [3.05, 3.63) is 24.3 Å². The Bertz CT molecular complexity index is 602. The number of rotatable bonds is 5. The van der Waals surface area contributed by atoms with Crippen LogP contribution in [0.3, 0.4) is 0 Å². The van der Waals surface area contributed by atoms with Crippen LogP contribution in [0.1, 0.15) is 6.42 Å². The van der Waals surface area contributed by atoms with E-state index >= 15 is 0 Å². The van der Waals surface area contributed by atoms with E-state index in [1.807, 2.05) is 24.3 Å². The minimum absolute atomic E-state index is 0. The Morgan fingerprint density at radius 2 is 2.17 bits per heavy atom. The third kappa shape index (κ3) is 4.42. The molecule has 8 heteroatoms. The maximum absolute atomic E-state index is 12.1. The number of benzene rings is 1. The molecule has 0 aromatic heterocycles. The van der Waals surface area contributed by atoms with E-state index in [2.05, 4.69) is 10.6 Å². The van der Waals surface area contributed by atoms with Crippen molar-refractivity contribution >= 4 is 41.7 Å². The summed E-state index contributed by atoms with van der Waals surface area (Å²) in [4.78, 5) is 26.9. The predicted molar refractivity (Wildman–Crippen MR) is 96.8 cm³/mol. The number of para-hydroxylation sites is 1. The van der Waals surface area contributed by atoms with Crippen molar-refractivity contribution < 1.29 is 14.7 Å². The van der Waals surface area contributed by atoms with Gasteiger partial charge in [-0.2, -0.15) is 0 Å². The molecule has 0 aliphatic carbocycles. The lowest BCUT2D eigenvalue weighted by Gasteiger charge is -2.28. The second-order valence-electron chi connectivity index (χ2n) is 5.84. The van der Waals surface area contributed by atoms with Crippen molar-refractivity contribution in [2.75, 3.05) is 36.8 Å². The lowest BCUT2D eigenvalue weighted by molar-refractivity contribution is -0.121. The molecule has 0 saturated carbocycles. The molecule has 2 amide bonds. The van der Waals surface area contributed by atoms with E-state index in [0.29, 0.717) is 25.4 Å². The molecule has 2 aliphatic rings. The summed E-state index contributed by atoms with van der Waals surface area (Å²) >= 11 is 1.54. The first-order valence-corrected chi connectivity index (χ1v) is 8.81. The summed E-state index contributed by atoms with van der Waals surface area (Å²) in [6, 6.07) is 7.76. The third-order valence-electron chi connectivity index (χ3n) is 4.24. The van der Waals surface area contributed by atoms with Crippen molar-refractivity contribution in [3.63, 3.8) is 0 Å². The van der Waals surface area contributed by atoms with Crippen LogP contribution in [0.25, 0.3) is 0 Å². The van der Waals surface area contributed by atoms with Gasteiger partial charge < -0.3 is 20.6 Å². The zero-order valence-corrected chi connectivity index (χ0v) is 14.9. The monoisotopic (exact) mass is 371 g/mol. The number of amides is 2. The lowest BCUT2D eigenvalue weighted by atomic mass is 10.1. The van der Waals surface area contributed by atoms with Crippen LogP contribution in [-0.2, 0) is 9.59 Å². The lowest BCUT2D eigenvalue weighted by Crippen LogP contribution is -2.40. The van der Waals surface area contributed by atoms with Crippen LogP contribution < -0.4 is 15.5 Å². The van der Waals surface area contributed by atoms with Gasteiger partial charge in [-0.1, -0.05) is 12.1 Å². The van der Waals surface area contributed by atoms with Gasteiger partial charge in [0.1, 0.15) is 0 Å². The van der Waals surface area contributed by atoms with Crippen molar-refractivity contribution in [1.29, 1.82) is 0 Å². The van der Waals surface area contributed by atoms with Crippen LogP contribution in [0.5, 0.6) is 0 Å². The van der Waals surface area contributed by atoms with Gasteiger partial charge in [0.15, 0.2) is 0 Å². The number of aliphatic hydroxyl groups is 1. The largest absolute Gasteiger partial charge is 0.391 e. The number of carbonyl (C=O) groups is 2. The maximum atomic E-state index is 12.1. The molecule has 0 bridgehead atoms. The Labute approximate surface area is 151 Å². The van der Waals surface area contributed by atoms with Gasteiger partial charge in [-0.25, -0.2) is 0 Å². The fraction of sp³-hybridized carbons (Fsp3) is 0.500. The average Bonchev–Trinajstić information content (AvgIpc) is 2.97. The first kappa shape index (κ1) is 19.1. The first-order chi connectivity index (χ1) is 11.1. The normalized spacial score (nSPS) is 22.7. The summed E-state index contributed by atoms with van der Waals surface area (Å²) in [5.41, 5.74) is 0.886. The van der Waals surface area contributed by atoms with Gasteiger partial charge >= 0.3 is 0 Å². The molecule has 2 heterocycles. The number of nitrogens with one attached hydrogen (secondary N) is 2. The van der Waals surface area contributed by atoms with E-state index in [0.717, 1.165) is 17.1 Å². The second kappa shape index (κ2) is 8.71. The standard InChI is InChI=1S/C16H21N3O3S.ClH/c20-13-9-17-7-11(13)8-18-15(21)5-6-19-12-3-1-2-4-14(12)23-10-16(19)22;/h1-4,11,13,17,20H,5-10H2,(H,18,21);1H. The van der Waals surface area contributed by atoms with E-state index in [9.17, 15) is 14.7 Å². The Kier molecular flexibility index (Phi) is 6.91. The molecule has 24 heavy (non-hydrogen) atoms. The summed E-state index contributed by atoms with van der Waals surface area (Å²) in [7, 11) is 0. The molecule has 0 radical (unpaired) electrons. The Morgan fingerprint density at radius 1 is 1.38 bits per heavy atom. The molecule has 1 fully saturated rings. The van der Waals surface area contributed by atoms with Crippen molar-refractivity contribution in [1.82, 2.24) is 10.6 Å². The summed E-state index contributed by atoms with van der Waals surface area (Å²) < 4.78 is 0. The van der Waals surface area contributed by atoms with Crippen molar-refractivity contribution in [3.8, 4) is 0 Å². The van der Waals surface area contributed by atoms with Crippen molar-refractivity contribution in [2.45, 2.75) is 17.4 Å². The zero-order chi connectivity index (χ0) is 16.2. The number of hydrogen-bond donors (Lipinski definition) is 3. The summed E-state index contributed by atoms with van der Waals surface area (Å²) in [6.45, 7) is 2.15. The van der Waals surface area contributed by atoms with Crippen LogP contribution in [-0.4, -0.2) is 55.0 Å². The number of carbonyl (C=O) groups excluding carboxylic acids is 2. The predicted octanol–water partition coefficient (Wildman–Crippen LogP) is 0.634. The number of aliphatic hydroxyl groups excluding tert-OH is 1. The molecule has 6 nitrogen and oxygen atoms in total. The first-order valence-electron chi connectivity index (χ1n) is 7.83. The van der Waals surface area contributed by atoms with E-state index in [4.69, 9.17) is 0 Å². The van der Waals surface area contributed by atoms with E-state index in [1.165, 1.54) is 11.8 Å². The second-order valence-corrected chi connectivity index (χ2v) is 6.86. The summed E-state index contributed by atoms with van der Waals surface area (Å²) in [6.07, 6.45) is -0.135. The van der Waals surface area contributed by atoms with Gasteiger partial charge in [-0.05, 0) is 12.1 Å². The van der Waals surface area contributed by atoms with Gasteiger partial charge in [0.2, 0.25) is 11.8 Å². The number of hydrogen-bond acceptors (Lipinski definition) is 5. The van der Waals surface area contributed by atoms with Gasteiger partial charge in [0.25, 0.3) is 0 Å². The quantitative estimate of drug-likeness (QED) is 0.707. The van der Waals surface area contributed by atoms with Crippen LogP contribution >= 0.6 is 24.2 Å². The van der Waals surface area contributed by atoms with Crippen LogP contribution in [0, 0.1) is 5.92 Å². The number of thioether (sulfide) groups is 1. The Balaban J connectivity index is 0.00000208. The van der Waals surface area contributed by atoms with Gasteiger partial charge in [-0.15, -0.1) is 24.2 Å². The number of β-amino-alcohol motifs (C(OH)–C–C–N with tert-alkyl or cyclic N) is 1. The maximum Gasteiger partial charge on any atom is 0.237 e. The number of anilines is 1. The third-order valence-corrected chi connectivity index (χ3v) is 5.28. The highest BCUT2D eigenvalue weighted by Gasteiger charge is 2.26. The topological polar surface area (TPSA) is 81.7 Å². The molecule has 1 aromatic rings. The molecular formula is C16H22ClN3O3S. The van der Waals surface area contributed by atoms with E-state index in [-0.39, 0.29) is 36.6 Å². The smallest absolute Gasteiger partial charge is 0.237 e. The summed E-state index contributed by atoms with van der Waals surface area (Å²) in [5.74, 6) is 0.427. The molecule has 2 unspecified atom stereocenters. The number of nitrogens with zero attached hydrogens (tertiary/aromatic N) is 1. The molecular weight excluding hydrogens is 350 g/mol. The Hall–Kier alpha value is -1.28. The average molecular weight is 372 g/mol. The fourth-order valence-corrected chi connectivity index (χ4v) is 3.81. The molecule has 3 N–H and O–H groups in total. The molecule has 3 rings (SSSR count). The SMILES string of the molecule is Cl.O=C(CCN1C(=O)CSc2ccccc21)NCC1CNCC1O. The van der Waals surface area contributed by atoms with Crippen LogP contribution in [0.15, 0.2) is 29.2 Å². The van der Waals surface area contributed by atoms with Gasteiger partial charge in [-0.3, -0.25) is 9.59 Å². The highest BCUT2D eigenvalue weighted by atomic mass is 35.5. The van der Waals surface area contributed by atoms with E-state index in [1.54, 1.807) is 4.90 Å². The Morgan fingerprint density at radius 3 is 2.92 bits per heavy atom.